The van der Waals surface area contributed by atoms with Crippen LogP contribution in [0.2, 0.25) is 0 Å². The Balaban J connectivity index is 2.58. The van der Waals surface area contributed by atoms with E-state index in [1.807, 2.05) is 6.92 Å². The smallest absolute Gasteiger partial charge is 0.317 e. The highest BCUT2D eigenvalue weighted by atomic mass is 127. The van der Waals surface area contributed by atoms with E-state index in [0.717, 1.165) is 12.6 Å². The van der Waals surface area contributed by atoms with Crippen molar-refractivity contribution in [3.05, 3.63) is 70.8 Å². The van der Waals surface area contributed by atoms with Crippen LogP contribution in [0.15, 0.2) is 48.5 Å². The second-order valence-electron chi connectivity index (χ2n) is 5.64. The van der Waals surface area contributed by atoms with E-state index in [2.05, 4.69) is 5.32 Å². The van der Waals surface area contributed by atoms with Gasteiger partial charge in [0.15, 0.2) is 0 Å². The maximum Gasteiger partial charge on any atom is 0.416 e. The van der Waals surface area contributed by atoms with Crippen molar-refractivity contribution in [3.63, 3.8) is 0 Å². The van der Waals surface area contributed by atoms with Crippen molar-refractivity contribution in [2.75, 3.05) is 13.1 Å². The van der Waals surface area contributed by atoms with E-state index in [-0.39, 0.29) is 9.35 Å². The van der Waals surface area contributed by atoms with Gasteiger partial charge in [0.05, 0.1) is 5.56 Å². The third-order valence-electron chi connectivity index (χ3n) is 4.05. The summed E-state index contributed by atoms with van der Waals surface area (Å²) in [7, 11) is 0. The number of carbonyl (C=O) groups excluding carboxylic acids is 1. The number of alkyl halides is 3. The number of benzene rings is 2. The van der Waals surface area contributed by atoms with Crippen LogP contribution in [0.1, 0.15) is 46.3 Å². The number of hydrogen-bond acceptors (Lipinski definition) is 2. The lowest BCUT2D eigenvalue weighted by molar-refractivity contribution is -0.138. The fourth-order valence-electron chi connectivity index (χ4n) is 2.94. The van der Waals surface area contributed by atoms with Crippen molar-refractivity contribution in [1.29, 1.82) is 0 Å². The molecule has 2 rings (SSSR count). The zero-order valence-corrected chi connectivity index (χ0v) is 15.9. The Morgan fingerprint density at radius 3 is 2.28 bits per heavy atom. The minimum absolute atomic E-state index is 0.175. The first kappa shape index (κ1) is 19.9. The first-order chi connectivity index (χ1) is 11.9. The van der Waals surface area contributed by atoms with Crippen molar-refractivity contribution in [1.82, 2.24) is 5.32 Å². The molecule has 2 aromatic carbocycles. The summed E-state index contributed by atoms with van der Waals surface area (Å²) < 4.78 is 40.3. The van der Waals surface area contributed by atoms with Gasteiger partial charge in [-0.05, 0) is 36.7 Å². The SMILES string of the molecule is CCNCCC(c1ccccc1C(=O)I)c1ccccc1C(F)(F)F. The van der Waals surface area contributed by atoms with Gasteiger partial charge >= 0.3 is 6.18 Å². The molecule has 0 aliphatic rings. The molecule has 0 amide bonds. The molecule has 0 saturated carbocycles. The first-order valence-electron chi connectivity index (χ1n) is 8.01. The summed E-state index contributed by atoms with van der Waals surface area (Å²) in [6.07, 6.45) is -3.96. The Morgan fingerprint density at radius 2 is 1.68 bits per heavy atom. The summed E-state index contributed by atoms with van der Waals surface area (Å²) in [5.74, 6) is -0.508. The van der Waals surface area contributed by atoms with Crippen LogP contribution in [0.3, 0.4) is 0 Å². The molecule has 2 nitrogen and oxygen atoms in total. The van der Waals surface area contributed by atoms with Gasteiger partial charge in [-0.1, -0.05) is 49.4 Å². The molecule has 0 heterocycles. The number of rotatable bonds is 7. The summed E-state index contributed by atoms with van der Waals surface area (Å²) in [6.45, 7) is 3.25. The lowest BCUT2D eigenvalue weighted by Gasteiger charge is -2.24. The topological polar surface area (TPSA) is 29.1 Å². The fourth-order valence-corrected chi connectivity index (χ4v) is 3.43. The Labute approximate surface area is 159 Å². The van der Waals surface area contributed by atoms with Crippen molar-refractivity contribution in [3.8, 4) is 0 Å². The molecule has 134 valence electrons. The van der Waals surface area contributed by atoms with Crippen molar-refractivity contribution in [2.45, 2.75) is 25.4 Å². The molecule has 0 bridgehead atoms. The van der Waals surface area contributed by atoms with E-state index in [4.69, 9.17) is 0 Å². The summed E-state index contributed by atoms with van der Waals surface area (Å²) in [5.41, 5.74) is 0.656. The average Bonchev–Trinajstić information content (AvgIpc) is 2.58. The molecule has 1 unspecified atom stereocenters. The predicted octanol–water partition coefficient (Wildman–Crippen LogP) is 5.41. The highest BCUT2D eigenvalue weighted by molar-refractivity contribution is 14.1. The molecular weight excluding hydrogens is 442 g/mol. The van der Waals surface area contributed by atoms with Gasteiger partial charge in [0, 0.05) is 34.1 Å². The van der Waals surface area contributed by atoms with Crippen LogP contribution in [-0.2, 0) is 6.18 Å². The molecule has 25 heavy (non-hydrogen) atoms. The first-order valence-corrected chi connectivity index (χ1v) is 9.09. The zero-order valence-electron chi connectivity index (χ0n) is 13.7. The third kappa shape index (κ3) is 5.04. The molecule has 0 aromatic heterocycles. The van der Waals surface area contributed by atoms with Gasteiger partial charge in [0.2, 0.25) is 3.79 Å². The molecule has 2 aromatic rings. The minimum Gasteiger partial charge on any atom is -0.317 e. The van der Waals surface area contributed by atoms with E-state index in [1.165, 1.54) is 12.1 Å². The number of carbonyl (C=O) groups is 1. The average molecular weight is 461 g/mol. The van der Waals surface area contributed by atoms with Gasteiger partial charge in [-0.2, -0.15) is 13.2 Å². The van der Waals surface area contributed by atoms with Gasteiger partial charge in [-0.3, -0.25) is 4.79 Å². The van der Waals surface area contributed by atoms with Gasteiger partial charge in [0.1, 0.15) is 0 Å². The number of nitrogens with one attached hydrogen (secondary N) is 1. The molecule has 0 radical (unpaired) electrons. The highest BCUT2D eigenvalue weighted by Crippen LogP contribution is 2.39. The third-order valence-corrected chi connectivity index (χ3v) is 4.63. The molecule has 0 spiro atoms. The summed E-state index contributed by atoms with van der Waals surface area (Å²) in [6, 6.07) is 12.5. The van der Waals surface area contributed by atoms with E-state index in [0.29, 0.717) is 24.1 Å². The van der Waals surface area contributed by atoms with Crippen LogP contribution in [0.5, 0.6) is 0 Å². The molecule has 1 atom stereocenters. The second kappa shape index (κ2) is 8.80. The lowest BCUT2D eigenvalue weighted by atomic mass is 9.83. The Morgan fingerprint density at radius 1 is 1.08 bits per heavy atom. The highest BCUT2D eigenvalue weighted by Gasteiger charge is 2.35. The standard InChI is InChI=1S/C19H19F3INO/c1-2-24-12-11-14(13-7-3-4-9-16(13)18(23)25)15-8-5-6-10-17(15)19(20,21)22/h3-10,14,24H,2,11-12H2,1H3. The molecule has 0 saturated heterocycles. The maximum absolute atomic E-state index is 13.5. The van der Waals surface area contributed by atoms with Crippen LogP contribution in [-0.4, -0.2) is 16.9 Å². The van der Waals surface area contributed by atoms with Crippen molar-refractivity contribution in [2.24, 2.45) is 0 Å². The van der Waals surface area contributed by atoms with Crippen LogP contribution in [0.25, 0.3) is 0 Å². The largest absolute Gasteiger partial charge is 0.416 e. The maximum atomic E-state index is 13.5. The van der Waals surface area contributed by atoms with E-state index in [1.54, 1.807) is 52.9 Å². The van der Waals surface area contributed by atoms with Crippen molar-refractivity contribution < 1.29 is 18.0 Å². The van der Waals surface area contributed by atoms with Crippen molar-refractivity contribution >= 4 is 26.4 Å². The lowest BCUT2D eigenvalue weighted by Crippen LogP contribution is -2.20. The van der Waals surface area contributed by atoms with Crippen LogP contribution in [0.4, 0.5) is 13.2 Å². The Kier molecular flexibility index (Phi) is 7.01. The van der Waals surface area contributed by atoms with Gasteiger partial charge in [-0.25, -0.2) is 0 Å². The quantitative estimate of drug-likeness (QED) is 0.340. The van der Waals surface area contributed by atoms with E-state index < -0.39 is 17.7 Å². The van der Waals surface area contributed by atoms with Crippen LogP contribution in [0, 0.1) is 0 Å². The number of hydrogen-bond donors (Lipinski definition) is 1. The molecule has 0 aliphatic heterocycles. The predicted molar refractivity (Wildman–Crippen MR) is 101 cm³/mol. The molecule has 0 fully saturated rings. The normalized spacial score (nSPS) is 12.8. The molecule has 6 heteroatoms. The summed E-state index contributed by atoms with van der Waals surface area (Å²) in [5, 5.41) is 3.16. The second-order valence-corrected chi connectivity index (χ2v) is 6.62. The Hall–Kier alpha value is -1.41. The Bertz CT molecular complexity index is 731. The monoisotopic (exact) mass is 461 g/mol. The molecule has 1 N–H and O–H groups in total. The minimum atomic E-state index is -4.43. The molecular formula is C19H19F3INO. The van der Waals surface area contributed by atoms with E-state index in [9.17, 15) is 18.0 Å². The van der Waals surface area contributed by atoms with E-state index >= 15 is 0 Å². The van der Waals surface area contributed by atoms with Crippen LogP contribution >= 0.6 is 22.6 Å². The van der Waals surface area contributed by atoms with Gasteiger partial charge < -0.3 is 5.32 Å². The van der Waals surface area contributed by atoms with Gasteiger partial charge in [0.25, 0.3) is 0 Å². The zero-order chi connectivity index (χ0) is 18.4. The fraction of sp³-hybridized carbons (Fsp3) is 0.316. The van der Waals surface area contributed by atoms with Gasteiger partial charge in [-0.15, -0.1) is 0 Å². The summed E-state index contributed by atoms with van der Waals surface area (Å²) in [4.78, 5) is 12.0. The number of halogens is 4. The summed E-state index contributed by atoms with van der Waals surface area (Å²) >= 11 is 1.68. The molecule has 0 aliphatic carbocycles. The van der Waals surface area contributed by atoms with Crippen LogP contribution < -0.4 is 5.32 Å².